The molecule has 37 heavy (non-hydrogen) atoms. The van der Waals surface area contributed by atoms with E-state index >= 15 is 0 Å². The van der Waals surface area contributed by atoms with Crippen molar-refractivity contribution in [3.05, 3.63) is 71.8 Å². The second kappa shape index (κ2) is 10.9. The summed E-state index contributed by atoms with van der Waals surface area (Å²) in [6, 6.07) is 18.0. The summed E-state index contributed by atoms with van der Waals surface area (Å²) in [5, 5.41) is 4.58. The van der Waals surface area contributed by atoms with Crippen LogP contribution < -0.4 is 9.62 Å². The summed E-state index contributed by atoms with van der Waals surface area (Å²) in [6.45, 7) is 8.17. The molecule has 1 heterocycles. The molecule has 3 aromatic rings. The summed E-state index contributed by atoms with van der Waals surface area (Å²) in [7, 11) is -3.67. The number of amides is 2. The van der Waals surface area contributed by atoms with Gasteiger partial charge in [-0.3, -0.25) is 13.9 Å². The van der Waals surface area contributed by atoms with Crippen LogP contribution in [-0.2, 0) is 26.2 Å². The zero-order chi connectivity index (χ0) is 26.7. The molecule has 0 bridgehead atoms. The van der Waals surface area contributed by atoms with Gasteiger partial charge in [0.15, 0.2) is 0 Å². The maximum absolute atomic E-state index is 13.5. The van der Waals surface area contributed by atoms with Crippen molar-refractivity contribution in [2.75, 3.05) is 10.8 Å². The standard InChI is InChI=1S/C29H35N3O4S/c1-5-21(3)30-29(34)22(4)31(19-24-12-7-6-11-20(24)2)27(33)17-10-18-32-25-15-8-13-23-14-9-16-26(28(23)25)37(32,35)36/h6-9,11-16,21-22H,5,10,17-19H2,1-4H3,(H,30,34)/t21-,22+/m1/s1. The first-order chi connectivity index (χ1) is 17.6. The van der Waals surface area contributed by atoms with Crippen LogP contribution in [0.15, 0.2) is 65.6 Å². The molecule has 0 fully saturated rings. The van der Waals surface area contributed by atoms with Gasteiger partial charge in [-0.15, -0.1) is 0 Å². The van der Waals surface area contributed by atoms with Crippen LogP contribution in [0.2, 0.25) is 0 Å². The van der Waals surface area contributed by atoms with Crippen LogP contribution in [0.25, 0.3) is 10.8 Å². The molecule has 0 aromatic heterocycles. The van der Waals surface area contributed by atoms with E-state index in [1.165, 1.54) is 4.31 Å². The van der Waals surface area contributed by atoms with E-state index in [4.69, 9.17) is 0 Å². The fourth-order valence-electron chi connectivity index (χ4n) is 4.74. The molecule has 196 valence electrons. The Hall–Kier alpha value is -3.39. The molecule has 8 heteroatoms. The highest BCUT2D eigenvalue weighted by Crippen LogP contribution is 2.42. The molecule has 2 atom stereocenters. The molecule has 0 radical (unpaired) electrons. The average Bonchev–Trinajstić information content (AvgIpc) is 3.10. The van der Waals surface area contributed by atoms with Crippen molar-refractivity contribution < 1.29 is 18.0 Å². The number of benzene rings is 3. The van der Waals surface area contributed by atoms with Gasteiger partial charge in [0.2, 0.25) is 11.8 Å². The Morgan fingerprint density at radius 1 is 1.00 bits per heavy atom. The van der Waals surface area contributed by atoms with Gasteiger partial charge in [0.25, 0.3) is 10.0 Å². The summed E-state index contributed by atoms with van der Waals surface area (Å²) in [6.07, 6.45) is 1.27. The number of nitrogens with zero attached hydrogens (tertiary/aromatic N) is 2. The van der Waals surface area contributed by atoms with Crippen LogP contribution in [0.1, 0.15) is 51.2 Å². The quantitative estimate of drug-likeness (QED) is 0.416. The lowest BCUT2D eigenvalue weighted by Gasteiger charge is -2.30. The lowest BCUT2D eigenvalue weighted by Crippen LogP contribution is -2.49. The van der Waals surface area contributed by atoms with Gasteiger partial charge in [-0.25, -0.2) is 8.42 Å². The predicted molar refractivity (Wildman–Crippen MR) is 147 cm³/mol. The molecule has 4 rings (SSSR count). The molecule has 0 aliphatic carbocycles. The van der Waals surface area contributed by atoms with E-state index in [1.807, 2.05) is 69.3 Å². The van der Waals surface area contributed by atoms with Crippen LogP contribution >= 0.6 is 0 Å². The zero-order valence-electron chi connectivity index (χ0n) is 21.9. The smallest absolute Gasteiger partial charge is 0.265 e. The maximum atomic E-state index is 13.5. The van der Waals surface area contributed by atoms with E-state index < -0.39 is 16.1 Å². The Bertz CT molecular complexity index is 1410. The molecule has 0 saturated carbocycles. The summed E-state index contributed by atoms with van der Waals surface area (Å²) < 4.78 is 27.9. The first-order valence-corrected chi connectivity index (χ1v) is 14.3. The Balaban J connectivity index is 1.50. The molecule has 0 saturated heterocycles. The Kier molecular flexibility index (Phi) is 7.87. The highest BCUT2D eigenvalue weighted by atomic mass is 32.2. The molecular formula is C29H35N3O4S. The van der Waals surface area contributed by atoms with E-state index in [2.05, 4.69) is 5.32 Å². The van der Waals surface area contributed by atoms with E-state index in [1.54, 1.807) is 24.0 Å². The SMILES string of the molecule is CC[C@@H](C)NC(=O)[C@H](C)N(Cc1ccccc1C)C(=O)CCCN1c2cccc3cccc(c23)S1(=O)=O. The Labute approximate surface area is 219 Å². The van der Waals surface area contributed by atoms with Crippen molar-refractivity contribution in [3.8, 4) is 0 Å². The zero-order valence-corrected chi connectivity index (χ0v) is 22.7. The van der Waals surface area contributed by atoms with Gasteiger partial charge >= 0.3 is 0 Å². The lowest BCUT2D eigenvalue weighted by atomic mass is 10.1. The van der Waals surface area contributed by atoms with Crippen LogP contribution in [0.3, 0.4) is 0 Å². The predicted octanol–water partition coefficient (Wildman–Crippen LogP) is 4.77. The van der Waals surface area contributed by atoms with Crippen molar-refractivity contribution in [2.45, 2.75) is 70.5 Å². The third-order valence-electron chi connectivity index (χ3n) is 7.20. The van der Waals surface area contributed by atoms with Gasteiger partial charge in [-0.1, -0.05) is 55.5 Å². The number of rotatable bonds is 10. The largest absolute Gasteiger partial charge is 0.352 e. The molecule has 1 aliphatic rings. The Morgan fingerprint density at radius 2 is 1.70 bits per heavy atom. The lowest BCUT2D eigenvalue weighted by molar-refractivity contribution is -0.140. The summed E-state index contributed by atoms with van der Waals surface area (Å²) in [5.74, 6) is -0.372. The van der Waals surface area contributed by atoms with Crippen LogP contribution in [0.4, 0.5) is 5.69 Å². The highest BCUT2D eigenvalue weighted by Gasteiger charge is 2.35. The van der Waals surface area contributed by atoms with Gasteiger partial charge in [0.1, 0.15) is 6.04 Å². The molecule has 3 aromatic carbocycles. The number of hydrogen-bond acceptors (Lipinski definition) is 4. The molecule has 2 amide bonds. The minimum absolute atomic E-state index is 0.00933. The van der Waals surface area contributed by atoms with Crippen molar-refractivity contribution >= 4 is 38.3 Å². The van der Waals surface area contributed by atoms with Crippen LogP contribution in [-0.4, -0.2) is 43.8 Å². The molecule has 1 aliphatic heterocycles. The number of hydrogen-bond donors (Lipinski definition) is 1. The minimum Gasteiger partial charge on any atom is -0.352 e. The number of carbonyl (C=O) groups is 2. The first-order valence-electron chi connectivity index (χ1n) is 12.8. The molecule has 7 nitrogen and oxygen atoms in total. The van der Waals surface area contributed by atoms with E-state index in [0.29, 0.717) is 23.5 Å². The van der Waals surface area contributed by atoms with Crippen LogP contribution in [0, 0.1) is 6.92 Å². The third kappa shape index (κ3) is 5.34. The summed E-state index contributed by atoms with van der Waals surface area (Å²) in [5.41, 5.74) is 2.67. The number of carbonyl (C=O) groups excluding carboxylic acids is 2. The van der Waals surface area contributed by atoms with E-state index in [9.17, 15) is 18.0 Å². The summed E-state index contributed by atoms with van der Waals surface area (Å²) in [4.78, 5) is 28.3. The monoisotopic (exact) mass is 521 g/mol. The van der Waals surface area contributed by atoms with Gasteiger partial charge in [0.05, 0.1) is 10.6 Å². The number of anilines is 1. The van der Waals surface area contributed by atoms with E-state index in [-0.39, 0.29) is 30.8 Å². The van der Waals surface area contributed by atoms with Crippen molar-refractivity contribution in [2.24, 2.45) is 0 Å². The van der Waals surface area contributed by atoms with Gasteiger partial charge in [-0.05, 0) is 62.3 Å². The Morgan fingerprint density at radius 3 is 2.41 bits per heavy atom. The number of nitrogens with one attached hydrogen (secondary N) is 1. The fourth-order valence-corrected chi connectivity index (χ4v) is 6.48. The van der Waals surface area contributed by atoms with Crippen molar-refractivity contribution in [1.82, 2.24) is 10.2 Å². The summed E-state index contributed by atoms with van der Waals surface area (Å²) >= 11 is 0. The number of sulfonamides is 1. The highest BCUT2D eigenvalue weighted by molar-refractivity contribution is 7.93. The molecule has 0 spiro atoms. The average molecular weight is 522 g/mol. The second-order valence-corrected chi connectivity index (χ2v) is 11.6. The van der Waals surface area contributed by atoms with E-state index in [0.717, 1.165) is 28.3 Å². The molecule has 0 unspecified atom stereocenters. The normalized spacial score (nSPS) is 15.4. The molecular weight excluding hydrogens is 486 g/mol. The van der Waals surface area contributed by atoms with Crippen molar-refractivity contribution in [3.63, 3.8) is 0 Å². The van der Waals surface area contributed by atoms with Gasteiger partial charge in [0, 0.05) is 30.9 Å². The van der Waals surface area contributed by atoms with Gasteiger partial charge in [-0.2, -0.15) is 0 Å². The minimum atomic E-state index is -3.67. The maximum Gasteiger partial charge on any atom is 0.265 e. The van der Waals surface area contributed by atoms with Crippen LogP contribution in [0.5, 0.6) is 0 Å². The first kappa shape index (κ1) is 26.7. The topological polar surface area (TPSA) is 86.8 Å². The van der Waals surface area contributed by atoms with Gasteiger partial charge < -0.3 is 10.2 Å². The second-order valence-electron chi connectivity index (χ2n) is 9.75. The molecule has 1 N–H and O–H groups in total. The number of aryl methyl sites for hydroxylation is 1. The third-order valence-corrected chi connectivity index (χ3v) is 9.06. The fraction of sp³-hybridized carbons (Fsp3) is 0.379. The van der Waals surface area contributed by atoms with Crippen molar-refractivity contribution in [1.29, 1.82) is 0 Å².